The minimum Gasteiger partial charge on any atom is -0.318 e. The highest BCUT2D eigenvalue weighted by Crippen LogP contribution is 2.20. The Kier molecular flexibility index (Phi) is 4.75. The molecule has 1 heterocycles. The summed E-state index contributed by atoms with van der Waals surface area (Å²) in [7, 11) is 0. The van der Waals surface area contributed by atoms with Crippen LogP contribution in [0.1, 0.15) is 27.3 Å². The van der Waals surface area contributed by atoms with E-state index in [1.54, 1.807) is 12.1 Å². The first-order valence-electron chi connectivity index (χ1n) is 7.89. The van der Waals surface area contributed by atoms with Crippen LogP contribution in [0.2, 0.25) is 0 Å². The van der Waals surface area contributed by atoms with Crippen LogP contribution in [0.5, 0.6) is 0 Å². The third-order valence-corrected chi connectivity index (χ3v) is 3.94. The van der Waals surface area contributed by atoms with Crippen molar-refractivity contribution in [2.24, 2.45) is 5.10 Å². The highest BCUT2D eigenvalue weighted by atomic mass is 19.1. The van der Waals surface area contributed by atoms with Crippen molar-refractivity contribution in [1.29, 1.82) is 0 Å². The number of carbonyl (C=O) groups is 1. The molecule has 0 fully saturated rings. The van der Waals surface area contributed by atoms with Gasteiger partial charge in [-0.1, -0.05) is 30.3 Å². The van der Waals surface area contributed by atoms with Gasteiger partial charge in [0.2, 0.25) is 0 Å². The van der Waals surface area contributed by atoms with Crippen molar-refractivity contribution in [3.8, 4) is 5.69 Å². The second-order valence-electron chi connectivity index (χ2n) is 5.71. The number of nitrogens with zero attached hydrogens (tertiary/aromatic N) is 2. The lowest BCUT2D eigenvalue weighted by molar-refractivity contribution is 0.0954. The first-order chi connectivity index (χ1) is 12.1. The maximum Gasteiger partial charge on any atom is 0.273 e. The van der Waals surface area contributed by atoms with Crippen LogP contribution >= 0.6 is 0 Å². The van der Waals surface area contributed by atoms with E-state index in [9.17, 15) is 9.18 Å². The fourth-order valence-corrected chi connectivity index (χ4v) is 2.74. The fourth-order valence-electron chi connectivity index (χ4n) is 2.74. The van der Waals surface area contributed by atoms with E-state index in [1.807, 2.05) is 54.8 Å². The average Bonchev–Trinajstić information content (AvgIpc) is 2.92. The number of amides is 1. The van der Waals surface area contributed by atoms with Gasteiger partial charge in [0, 0.05) is 17.1 Å². The molecular weight excluding hydrogens is 317 g/mol. The molecule has 4 nitrogen and oxygen atoms in total. The van der Waals surface area contributed by atoms with Crippen molar-refractivity contribution in [2.45, 2.75) is 13.8 Å². The number of para-hydroxylation sites is 1. The summed E-state index contributed by atoms with van der Waals surface area (Å²) in [5.74, 6) is -0.594. The van der Waals surface area contributed by atoms with E-state index < -0.39 is 0 Å². The predicted molar refractivity (Wildman–Crippen MR) is 96.7 cm³/mol. The predicted octanol–water partition coefficient (Wildman–Crippen LogP) is 4.00. The topological polar surface area (TPSA) is 46.4 Å². The molecule has 5 heteroatoms. The van der Waals surface area contributed by atoms with Crippen LogP contribution < -0.4 is 5.43 Å². The first kappa shape index (κ1) is 16.6. The van der Waals surface area contributed by atoms with Gasteiger partial charge in [-0.05, 0) is 49.7 Å². The van der Waals surface area contributed by atoms with E-state index >= 15 is 0 Å². The third kappa shape index (κ3) is 3.66. The number of rotatable bonds is 4. The summed E-state index contributed by atoms with van der Waals surface area (Å²) in [5.41, 5.74) is 6.61. The molecule has 1 aromatic heterocycles. The summed E-state index contributed by atoms with van der Waals surface area (Å²) in [6, 6.07) is 17.6. The maximum absolute atomic E-state index is 12.9. The highest BCUT2D eigenvalue weighted by molar-refractivity contribution is 5.96. The Morgan fingerprint density at radius 1 is 1.08 bits per heavy atom. The van der Waals surface area contributed by atoms with Crippen LogP contribution in [0.15, 0.2) is 65.8 Å². The van der Waals surface area contributed by atoms with Crippen LogP contribution in [0.25, 0.3) is 5.69 Å². The van der Waals surface area contributed by atoms with Gasteiger partial charge in [-0.15, -0.1) is 0 Å². The summed E-state index contributed by atoms with van der Waals surface area (Å²) < 4.78 is 14.9. The van der Waals surface area contributed by atoms with E-state index in [-0.39, 0.29) is 11.7 Å². The number of nitrogens with one attached hydrogen (secondary N) is 1. The van der Waals surface area contributed by atoms with E-state index in [0.29, 0.717) is 11.1 Å². The molecule has 0 aliphatic carbocycles. The fraction of sp³-hybridized carbons (Fsp3) is 0.100. The van der Waals surface area contributed by atoms with Crippen LogP contribution in [0.4, 0.5) is 4.39 Å². The zero-order valence-corrected chi connectivity index (χ0v) is 14.0. The lowest BCUT2D eigenvalue weighted by atomic mass is 10.2. The molecule has 0 bridgehead atoms. The van der Waals surface area contributed by atoms with Crippen molar-refractivity contribution in [3.63, 3.8) is 0 Å². The van der Waals surface area contributed by atoms with Gasteiger partial charge in [0.25, 0.3) is 5.91 Å². The molecule has 0 atom stereocenters. The molecule has 0 saturated heterocycles. The lowest BCUT2D eigenvalue weighted by Crippen LogP contribution is -2.18. The van der Waals surface area contributed by atoms with Gasteiger partial charge < -0.3 is 4.57 Å². The van der Waals surface area contributed by atoms with Crippen molar-refractivity contribution in [3.05, 3.63) is 89.0 Å². The number of hydrogen-bond acceptors (Lipinski definition) is 2. The van der Waals surface area contributed by atoms with Gasteiger partial charge in [0.15, 0.2) is 0 Å². The molecule has 2 aromatic carbocycles. The molecule has 126 valence electrons. The van der Waals surface area contributed by atoms with E-state index in [1.165, 1.54) is 18.3 Å². The maximum atomic E-state index is 12.9. The van der Waals surface area contributed by atoms with E-state index in [4.69, 9.17) is 0 Å². The number of hydrogen-bond donors (Lipinski definition) is 1. The van der Waals surface area contributed by atoms with Crippen molar-refractivity contribution in [2.75, 3.05) is 0 Å². The minimum absolute atomic E-state index is 0.284. The van der Waals surface area contributed by atoms with Gasteiger partial charge in [-0.2, -0.15) is 5.10 Å². The Morgan fingerprint density at radius 2 is 1.76 bits per heavy atom. The lowest BCUT2D eigenvalue weighted by Gasteiger charge is -2.09. The number of benzene rings is 2. The molecule has 0 unspecified atom stereocenters. The molecule has 25 heavy (non-hydrogen) atoms. The van der Waals surface area contributed by atoms with Crippen molar-refractivity contribution >= 4 is 12.1 Å². The van der Waals surface area contributed by atoms with Gasteiger partial charge in [0.1, 0.15) is 5.82 Å². The zero-order chi connectivity index (χ0) is 17.8. The number of aromatic nitrogens is 1. The standard InChI is InChI=1S/C20H18FN3O/c1-14-12-19(15(2)24(14)18-6-4-3-5-7-18)20(25)23-22-13-16-8-10-17(21)11-9-16/h3-13H,1-2H3,(H,23,25)/b22-13-. The Balaban J connectivity index is 1.78. The summed E-state index contributed by atoms with van der Waals surface area (Å²) in [4.78, 5) is 12.4. The quantitative estimate of drug-likeness (QED) is 0.568. The normalized spacial score (nSPS) is 11.0. The number of aryl methyl sites for hydroxylation is 1. The van der Waals surface area contributed by atoms with E-state index in [0.717, 1.165) is 17.1 Å². The Bertz CT molecular complexity index is 912. The molecule has 0 aliphatic rings. The minimum atomic E-state index is -0.311. The first-order valence-corrected chi connectivity index (χ1v) is 7.89. The van der Waals surface area contributed by atoms with Crippen LogP contribution in [-0.2, 0) is 0 Å². The van der Waals surface area contributed by atoms with Gasteiger partial charge in [-0.25, -0.2) is 9.82 Å². The number of hydrazone groups is 1. The number of halogens is 1. The van der Waals surface area contributed by atoms with Crippen LogP contribution in [0, 0.1) is 19.7 Å². The molecule has 0 aliphatic heterocycles. The second-order valence-corrected chi connectivity index (χ2v) is 5.71. The molecule has 3 aromatic rings. The molecular formula is C20H18FN3O. The Hall–Kier alpha value is -3.21. The molecule has 0 saturated carbocycles. The smallest absolute Gasteiger partial charge is 0.273 e. The highest BCUT2D eigenvalue weighted by Gasteiger charge is 2.16. The SMILES string of the molecule is Cc1cc(C(=O)N/N=C\c2ccc(F)cc2)c(C)n1-c1ccccc1. The largest absolute Gasteiger partial charge is 0.318 e. The monoisotopic (exact) mass is 335 g/mol. The number of carbonyl (C=O) groups excluding carboxylic acids is 1. The molecule has 0 spiro atoms. The Labute approximate surface area is 145 Å². The van der Waals surface area contributed by atoms with Crippen LogP contribution in [-0.4, -0.2) is 16.7 Å². The van der Waals surface area contributed by atoms with E-state index in [2.05, 4.69) is 10.5 Å². The summed E-state index contributed by atoms with van der Waals surface area (Å²) in [5, 5.41) is 3.94. The van der Waals surface area contributed by atoms with Gasteiger partial charge >= 0.3 is 0 Å². The molecule has 3 rings (SSSR count). The van der Waals surface area contributed by atoms with Crippen LogP contribution in [0.3, 0.4) is 0 Å². The molecule has 1 amide bonds. The third-order valence-electron chi connectivity index (χ3n) is 3.94. The van der Waals surface area contributed by atoms with Crippen molar-refractivity contribution < 1.29 is 9.18 Å². The summed E-state index contributed by atoms with van der Waals surface area (Å²) in [6.45, 7) is 3.86. The zero-order valence-electron chi connectivity index (χ0n) is 14.0. The summed E-state index contributed by atoms with van der Waals surface area (Å²) in [6.07, 6.45) is 1.48. The van der Waals surface area contributed by atoms with Gasteiger partial charge in [0.05, 0.1) is 11.8 Å². The molecule has 1 N–H and O–H groups in total. The Morgan fingerprint density at radius 3 is 2.44 bits per heavy atom. The second kappa shape index (κ2) is 7.13. The molecule has 0 radical (unpaired) electrons. The average molecular weight is 335 g/mol. The summed E-state index contributed by atoms with van der Waals surface area (Å²) >= 11 is 0. The van der Waals surface area contributed by atoms with Gasteiger partial charge in [-0.3, -0.25) is 4.79 Å². The van der Waals surface area contributed by atoms with Crippen molar-refractivity contribution in [1.82, 2.24) is 9.99 Å².